The molecule has 0 heterocycles. The minimum absolute atomic E-state index is 0.437. The quantitative estimate of drug-likeness (QED) is 0.521. The summed E-state index contributed by atoms with van der Waals surface area (Å²) in [5, 5.41) is 0. The number of ketones is 1. The normalized spacial score (nSPS) is 39.7. The van der Waals surface area contributed by atoms with E-state index in [0.717, 1.165) is 19.3 Å². The molecule has 0 saturated heterocycles. The number of hydrogen-bond donors (Lipinski definition) is 0. The van der Waals surface area contributed by atoms with Crippen LogP contribution in [0.5, 0.6) is 0 Å². The second kappa shape index (κ2) is 2.97. The van der Waals surface area contributed by atoms with Crippen molar-refractivity contribution in [3.63, 3.8) is 0 Å². The number of hydrogen-bond acceptors (Lipinski definition) is 1. The number of carbonyl (C=O) groups is 1. The van der Waals surface area contributed by atoms with Gasteiger partial charge in [-0.05, 0) is 37.5 Å². The summed E-state index contributed by atoms with van der Waals surface area (Å²) in [4.78, 5) is 11.4. The molecule has 13 heavy (non-hydrogen) atoms. The van der Waals surface area contributed by atoms with E-state index in [4.69, 9.17) is 0 Å². The van der Waals surface area contributed by atoms with E-state index in [1.807, 2.05) is 0 Å². The first-order chi connectivity index (χ1) is 6.12. The fourth-order valence-corrected chi connectivity index (χ4v) is 2.96. The van der Waals surface area contributed by atoms with Gasteiger partial charge in [0.15, 0.2) is 0 Å². The molecule has 1 saturated carbocycles. The maximum Gasteiger partial charge on any atom is 0.133 e. The molecular weight excluding hydrogens is 160 g/mol. The van der Waals surface area contributed by atoms with E-state index in [-0.39, 0.29) is 0 Å². The van der Waals surface area contributed by atoms with Gasteiger partial charge < -0.3 is 0 Å². The molecule has 72 valence electrons. The van der Waals surface area contributed by atoms with Crippen molar-refractivity contribution in [2.45, 2.75) is 46.0 Å². The second-order valence-corrected chi connectivity index (χ2v) is 4.94. The minimum atomic E-state index is 0.437. The van der Waals surface area contributed by atoms with Crippen molar-refractivity contribution >= 4 is 5.78 Å². The predicted octanol–water partition coefficient (Wildman–Crippen LogP) is 3.10. The smallest absolute Gasteiger partial charge is 0.133 e. The SMILES string of the molecule is CC1=CCC[C@@]2(C)CCC(=O)CC12. The van der Waals surface area contributed by atoms with Crippen LogP contribution in [0, 0.1) is 11.3 Å². The van der Waals surface area contributed by atoms with Crippen LogP contribution in [0.4, 0.5) is 0 Å². The number of rotatable bonds is 0. The molecule has 2 rings (SSSR count). The second-order valence-electron chi connectivity index (χ2n) is 4.94. The zero-order chi connectivity index (χ0) is 9.47. The molecule has 0 aromatic heterocycles. The van der Waals surface area contributed by atoms with Gasteiger partial charge in [-0.15, -0.1) is 0 Å². The predicted molar refractivity (Wildman–Crippen MR) is 53.4 cm³/mol. The Morgan fingerprint density at radius 2 is 2.23 bits per heavy atom. The number of Topliss-reactive ketones (excluding diaryl/α,β-unsaturated/α-hetero) is 1. The van der Waals surface area contributed by atoms with Gasteiger partial charge in [0.2, 0.25) is 0 Å². The molecule has 0 N–H and O–H groups in total. The lowest BCUT2D eigenvalue weighted by Gasteiger charge is -2.44. The third-order valence-corrected chi connectivity index (χ3v) is 3.98. The van der Waals surface area contributed by atoms with Crippen molar-refractivity contribution in [1.82, 2.24) is 0 Å². The third kappa shape index (κ3) is 1.45. The number of carbonyl (C=O) groups excluding carboxylic acids is 1. The van der Waals surface area contributed by atoms with Gasteiger partial charge in [0.1, 0.15) is 5.78 Å². The van der Waals surface area contributed by atoms with Crippen LogP contribution in [-0.2, 0) is 4.79 Å². The van der Waals surface area contributed by atoms with Crippen LogP contribution < -0.4 is 0 Å². The molecule has 0 spiro atoms. The van der Waals surface area contributed by atoms with E-state index in [1.54, 1.807) is 0 Å². The lowest BCUT2D eigenvalue weighted by Crippen LogP contribution is -2.37. The molecule has 0 radical (unpaired) electrons. The van der Waals surface area contributed by atoms with Crippen LogP contribution in [0.2, 0.25) is 0 Å². The maximum absolute atomic E-state index is 11.4. The Hall–Kier alpha value is -0.590. The summed E-state index contributed by atoms with van der Waals surface area (Å²) < 4.78 is 0. The maximum atomic E-state index is 11.4. The molecule has 1 heteroatoms. The lowest BCUT2D eigenvalue weighted by molar-refractivity contribution is -0.124. The van der Waals surface area contributed by atoms with E-state index < -0.39 is 0 Å². The van der Waals surface area contributed by atoms with E-state index in [9.17, 15) is 4.79 Å². The Morgan fingerprint density at radius 1 is 1.46 bits per heavy atom. The highest BCUT2D eigenvalue weighted by molar-refractivity contribution is 5.80. The average molecular weight is 178 g/mol. The summed E-state index contributed by atoms with van der Waals surface area (Å²) >= 11 is 0. The summed E-state index contributed by atoms with van der Waals surface area (Å²) in [5.41, 5.74) is 1.90. The first kappa shape index (κ1) is 8.98. The summed E-state index contributed by atoms with van der Waals surface area (Å²) in [6.07, 6.45) is 7.56. The summed E-state index contributed by atoms with van der Waals surface area (Å²) in [5.74, 6) is 1.03. The van der Waals surface area contributed by atoms with Crippen LogP contribution in [-0.4, -0.2) is 5.78 Å². The highest BCUT2D eigenvalue weighted by atomic mass is 16.1. The van der Waals surface area contributed by atoms with Gasteiger partial charge in [-0.25, -0.2) is 0 Å². The van der Waals surface area contributed by atoms with Crippen LogP contribution in [0.3, 0.4) is 0 Å². The zero-order valence-corrected chi connectivity index (χ0v) is 8.60. The number of fused-ring (bicyclic) bond motifs is 1. The van der Waals surface area contributed by atoms with Crippen molar-refractivity contribution in [2.75, 3.05) is 0 Å². The van der Waals surface area contributed by atoms with E-state index in [1.165, 1.54) is 18.4 Å². The molecule has 2 atom stereocenters. The van der Waals surface area contributed by atoms with Crippen LogP contribution in [0.15, 0.2) is 11.6 Å². The van der Waals surface area contributed by atoms with Gasteiger partial charge >= 0.3 is 0 Å². The van der Waals surface area contributed by atoms with Gasteiger partial charge in [-0.2, -0.15) is 0 Å². The molecule has 2 aliphatic rings. The fourth-order valence-electron chi connectivity index (χ4n) is 2.96. The van der Waals surface area contributed by atoms with Gasteiger partial charge in [-0.1, -0.05) is 18.6 Å². The highest BCUT2D eigenvalue weighted by Crippen LogP contribution is 2.49. The lowest BCUT2D eigenvalue weighted by atomic mass is 9.60. The van der Waals surface area contributed by atoms with Gasteiger partial charge in [0.25, 0.3) is 0 Å². The first-order valence-electron chi connectivity index (χ1n) is 5.30. The van der Waals surface area contributed by atoms with E-state index in [2.05, 4.69) is 19.9 Å². The Kier molecular flexibility index (Phi) is 2.05. The van der Waals surface area contributed by atoms with Crippen molar-refractivity contribution < 1.29 is 4.79 Å². The number of allylic oxidation sites excluding steroid dienone is 2. The van der Waals surface area contributed by atoms with Crippen molar-refractivity contribution in [2.24, 2.45) is 11.3 Å². The van der Waals surface area contributed by atoms with Gasteiger partial charge in [0.05, 0.1) is 0 Å². The Balaban J connectivity index is 2.27. The third-order valence-electron chi connectivity index (χ3n) is 3.98. The van der Waals surface area contributed by atoms with E-state index >= 15 is 0 Å². The standard InChI is InChI=1S/C12H18O/c1-9-4-3-6-12(2)7-5-10(13)8-11(9)12/h4,11H,3,5-8H2,1-2H3/t11?,12-/m0/s1. The van der Waals surface area contributed by atoms with Crippen molar-refractivity contribution in [1.29, 1.82) is 0 Å². The van der Waals surface area contributed by atoms with Crippen LogP contribution in [0.1, 0.15) is 46.0 Å². The van der Waals surface area contributed by atoms with Crippen LogP contribution >= 0.6 is 0 Å². The Morgan fingerprint density at radius 3 is 3.00 bits per heavy atom. The van der Waals surface area contributed by atoms with E-state index in [0.29, 0.717) is 17.1 Å². The molecule has 0 bridgehead atoms. The largest absolute Gasteiger partial charge is 0.300 e. The molecule has 0 aliphatic heterocycles. The summed E-state index contributed by atoms with van der Waals surface area (Å²) in [6.45, 7) is 4.56. The fraction of sp³-hybridized carbons (Fsp3) is 0.750. The zero-order valence-electron chi connectivity index (χ0n) is 8.60. The monoisotopic (exact) mass is 178 g/mol. The topological polar surface area (TPSA) is 17.1 Å². The highest BCUT2D eigenvalue weighted by Gasteiger charge is 2.41. The summed E-state index contributed by atoms with van der Waals surface area (Å²) in [6, 6.07) is 0. The van der Waals surface area contributed by atoms with Crippen molar-refractivity contribution in [3.05, 3.63) is 11.6 Å². The first-order valence-corrected chi connectivity index (χ1v) is 5.30. The van der Waals surface area contributed by atoms with Crippen molar-refractivity contribution in [3.8, 4) is 0 Å². The molecule has 1 fully saturated rings. The summed E-state index contributed by atoms with van der Waals surface area (Å²) in [7, 11) is 0. The van der Waals surface area contributed by atoms with Gasteiger partial charge in [0, 0.05) is 12.8 Å². The molecular formula is C12H18O. The molecule has 0 amide bonds. The molecule has 1 unspecified atom stereocenters. The molecule has 0 aromatic rings. The van der Waals surface area contributed by atoms with Crippen LogP contribution in [0.25, 0.3) is 0 Å². The minimum Gasteiger partial charge on any atom is -0.300 e. The Labute approximate surface area is 80.2 Å². The molecule has 1 nitrogen and oxygen atoms in total. The molecule has 0 aromatic carbocycles. The molecule has 2 aliphatic carbocycles. The van der Waals surface area contributed by atoms with Gasteiger partial charge in [-0.3, -0.25) is 4.79 Å². The Bertz CT molecular complexity index is 264. The average Bonchev–Trinajstić information content (AvgIpc) is 2.08.